The number of pyridine rings is 1. The first kappa shape index (κ1) is 17.5. The second-order valence-corrected chi connectivity index (χ2v) is 6.60. The van der Waals surface area contributed by atoms with Crippen molar-refractivity contribution in [1.82, 2.24) is 4.98 Å². The standard InChI is InChI=1S/C16H18N4O3S/c1-3-10-17-16-9-6-14(11-18-16)20-24(22,23)15-7-4-13(5-8-15)19-12(2)21/h3-9,11,20H,1,10H2,2H3,(H,17,18)(H,19,21). The Bertz CT molecular complexity index is 815. The monoisotopic (exact) mass is 346 g/mol. The van der Waals surface area contributed by atoms with E-state index in [0.29, 0.717) is 23.7 Å². The van der Waals surface area contributed by atoms with Crippen molar-refractivity contribution in [3.8, 4) is 0 Å². The van der Waals surface area contributed by atoms with Crippen molar-refractivity contribution in [3.63, 3.8) is 0 Å². The molecule has 1 aromatic heterocycles. The predicted molar refractivity (Wildman–Crippen MR) is 94.5 cm³/mol. The summed E-state index contributed by atoms with van der Waals surface area (Å²) in [6, 6.07) is 9.16. The summed E-state index contributed by atoms with van der Waals surface area (Å²) in [6.45, 7) is 5.54. The molecule has 7 nitrogen and oxygen atoms in total. The maximum atomic E-state index is 12.3. The predicted octanol–water partition coefficient (Wildman–Crippen LogP) is 2.44. The highest BCUT2D eigenvalue weighted by atomic mass is 32.2. The Morgan fingerprint density at radius 2 is 1.83 bits per heavy atom. The van der Waals surface area contributed by atoms with Gasteiger partial charge in [-0.2, -0.15) is 0 Å². The number of nitrogens with zero attached hydrogens (tertiary/aromatic N) is 1. The highest BCUT2D eigenvalue weighted by Gasteiger charge is 2.14. The number of carbonyl (C=O) groups is 1. The molecule has 0 radical (unpaired) electrons. The zero-order valence-corrected chi connectivity index (χ0v) is 13.9. The van der Waals surface area contributed by atoms with E-state index in [-0.39, 0.29) is 10.8 Å². The van der Waals surface area contributed by atoms with E-state index < -0.39 is 10.0 Å². The first-order valence-electron chi connectivity index (χ1n) is 7.12. The van der Waals surface area contributed by atoms with Gasteiger partial charge >= 0.3 is 0 Å². The summed E-state index contributed by atoms with van der Waals surface area (Å²) in [5, 5.41) is 5.57. The molecule has 0 unspecified atom stereocenters. The molecule has 0 saturated carbocycles. The summed E-state index contributed by atoms with van der Waals surface area (Å²) < 4.78 is 27.1. The lowest BCUT2D eigenvalue weighted by atomic mass is 10.3. The Labute approximate surface area is 140 Å². The minimum absolute atomic E-state index is 0.0884. The largest absolute Gasteiger partial charge is 0.367 e. The van der Waals surface area contributed by atoms with Gasteiger partial charge in [0.05, 0.1) is 16.8 Å². The number of anilines is 3. The quantitative estimate of drug-likeness (QED) is 0.669. The highest BCUT2D eigenvalue weighted by molar-refractivity contribution is 7.92. The molecular weight excluding hydrogens is 328 g/mol. The zero-order valence-electron chi connectivity index (χ0n) is 13.1. The van der Waals surface area contributed by atoms with Gasteiger partial charge in [0.15, 0.2) is 0 Å². The summed E-state index contributed by atoms with van der Waals surface area (Å²) >= 11 is 0. The van der Waals surface area contributed by atoms with Crippen LogP contribution < -0.4 is 15.4 Å². The van der Waals surface area contributed by atoms with Crippen LogP contribution in [0.5, 0.6) is 0 Å². The molecule has 0 fully saturated rings. The molecule has 0 aliphatic rings. The number of hydrogen-bond acceptors (Lipinski definition) is 5. The molecule has 3 N–H and O–H groups in total. The van der Waals surface area contributed by atoms with Gasteiger partial charge in [0, 0.05) is 19.2 Å². The van der Waals surface area contributed by atoms with Crippen LogP contribution >= 0.6 is 0 Å². The average Bonchev–Trinajstić information content (AvgIpc) is 2.54. The summed E-state index contributed by atoms with van der Waals surface area (Å²) in [7, 11) is -3.73. The van der Waals surface area contributed by atoms with E-state index in [1.165, 1.54) is 37.4 Å². The fourth-order valence-electron chi connectivity index (χ4n) is 1.87. The second kappa shape index (κ2) is 7.60. The average molecular weight is 346 g/mol. The van der Waals surface area contributed by atoms with Gasteiger partial charge in [-0.05, 0) is 36.4 Å². The van der Waals surface area contributed by atoms with E-state index in [1.54, 1.807) is 18.2 Å². The van der Waals surface area contributed by atoms with Crippen molar-refractivity contribution < 1.29 is 13.2 Å². The van der Waals surface area contributed by atoms with Gasteiger partial charge in [-0.3, -0.25) is 9.52 Å². The van der Waals surface area contributed by atoms with Crippen LogP contribution in [0.3, 0.4) is 0 Å². The number of benzene rings is 1. The molecule has 0 spiro atoms. The van der Waals surface area contributed by atoms with Crippen LogP contribution in [0.1, 0.15) is 6.92 Å². The van der Waals surface area contributed by atoms with Crippen molar-refractivity contribution in [2.75, 3.05) is 21.9 Å². The number of hydrogen-bond donors (Lipinski definition) is 3. The summed E-state index contributed by atoms with van der Waals surface area (Å²) in [5.41, 5.74) is 0.880. The van der Waals surface area contributed by atoms with Crippen molar-refractivity contribution in [2.45, 2.75) is 11.8 Å². The van der Waals surface area contributed by atoms with Crippen LogP contribution in [0.2, 0.25) is 0 Å². The van der Waals surface area contributed by atoms with Crippen LogP contribution in [0.25, 0.3) is 0 Å². The maximum absolute atomic E-state index is 12.3. The molecule has 0 aliphatic carbocycles. The van der Waals surface area contributed by atoms with E-state index >= 15 is 0 Å². The van der Waals surface area contributed by atoms with Crippen molar-refractivity contribution in [2.24, 2.45) is 0 Å². The molecule has 126 valence electrons. The topological polar surface area (TPSA) is 100 Å². The van der Waals surface area contributed by atoms with Crippen molar-refractivity contribution in [1.29, 1.82) is 0 Å². The van der Waals surface area contributed by atoms with Gasteiger partial charge in [-0.25, -0.2) is 13.4 Å². The number of sulfonamides is 1. The molecule has 2 aromatic rings. The van der Waals surface area contributed by atoms with E-state index in [0.717, 1.165) is 0 Å². The molecule has 0 aliphatic heterocycles. The van der Waals surface area contributed by atoms with Crippen LogP contribution in [0.4, 0.5) is 17.2 Å². The number of rotatable bonds is 7. The third-order valence-electron chi connectivity index (χ3n) is 2.93. The van der Waals surface area contributed by atoms with Crippen LogP contribution in [0.15, 0.2) is 60.1 Å². The van der Waals surface area contributed by atoms with E-state index in [9.17, 15) is 13.2 Å². The van der Waals surface area contributed by atoms with E-state index in [2.05, 4.69) is 26.9 Å². The Hall–Kier alpha value is -2.87. The minimum Gasteiger partial charge on any atom is -0.367 e. The fraction of sp³-hybridized carbons (Fsp3) is 0.125. The number of nitrogens with one attached hydrogen (secondary N) is 3. The van der Waals surface area contributed by atoms with Gasteiger partial charge < -0.3 is 10.6 Å². The lowest BCUT2D eigenvalue weighted by Crippen LogP contribution is -2.13. The summed E-state index contributed by atoms with van der Waals surface area (Å²) in [6.07, 6.45) is 3.12. The van der Waals surface area contributed by atoms with Crippen molar-refractivity contribution >= 4 is 33.1 Å². The van der Waals surface area contributed by atoms with Crippen LogP contribution in [0, 0.1) is 0 Å². The van der Waals surface area contributed by atoms with Crippen molar-refractivity contribution in [3.05, 3.63) is 55.3 Å². The molecule has 0 bridgehead atoms. The maximum Gasteiger partial charge on any atom is 0.261 e. The third kappa shape index (κ3) is 4.82. The fourth-order valence-corrected chi connectivity index (χ4v) is 2.91. The SMILES string of the molecule is C=CCNc1ccc(NS(=O)(=O)c2ccc(NC(C)=O)cc2)cn1. The van der Waals surface area contributed by atoms with Gasteiger partial charge in [-0.1, -0.05) is 6.08 Å². The van der Waals surface area contributed by atoms with Gasteiger partial charge in [0.25, 0.3) is 10.0 Å². The number of aromatic nitrogens is 1. The van der Waals surface area contributed by atoms with Crippen LogP contribution in [-0.2, 0) is 14.8 Å². The second-order valence-electron chi connectivity index (χ2n) is 4.91. The zero-order chi connectivity index (χ0) is 17.6. The highest BCUT2D eigenvalue weighted by Crippen LogP contribution is 2.18. The lowest BCUT2D eigenvalue weighted by molar-refractivity contribution is -0.114. The first-order chi connectivity index (χ1) is 11.4. The molecule has 1 aromatic carbocycles. The number of carbonyl (C=O) groups excluding carboxylic acids is 1. The molecule has 0 saturated heterocycles. The molecule has 24 heavy (non-hydrogen) atoms. The van der Waals surface area contributed by atoms with E-state index in [4.69, 9.17) is 0 Å². The Kier molecular flexibility index (Phi) is 5.54. The normalized spacial score (nSPS) is 10.7. The van der Waals surface area contributed by atoms with Gasteiger partial charge in [0.2, 0.25) is 5.91 Å². The Balaban J connectivity index is 2.10. The molecule has 1 heterocycles. The third-order valence-corrected chi connectivity index (χ3v) is 4.33. The molecule has 1 amide bonds. The Morgan fingerprint density at radius 1 is 1.17 bits per heavy atom. The first-order valence-corrected chi connectivity index (χ1v) is 8.60. The summed E-state index contributed by atoms with van der Waals surface area (Å²) in [5.74, 6) is 0.400. The number of amides is 1. The molecular formula is C16H18N4O3S. The minimum atomic E-state index is -3.73. The smallest absolute Gasteiger partial charge is 0.261 e. The Morgan fingerprint density at radius 3 is 2.38 bits per heavy atom. The lowest BCUT2D eigenvalue weighted by Gasteiger charge is -2.09. The van der Waals surface area contributed by atoms with Gasteiger partial charge in [0.1, 0.15) is 5.82 Å². The van der Waals surface area contributed by atoms with Crippen LogP contribution in [-0.4, -0.2) is 25.9 Å². The van der Waals surface area contributed by atoms with Gasteiger partial charge in [-0.15, -0.1) is 6.58 Å². The molecule has 0 atom stereocenters. The van der Waals surface area contributed by atoms with E-state index in [1.807, 2.05) is 0 Å². The summed E-state index contributed by atoms with van der Waals surface area (Å²) in [4.78, 5) is 15.2. The molecule has 8 heteroatoms. The molecule has 2 rings (SSSR count).